The summed E-state index contributed by atoms with van der Waals surface area (Å²) in [6, 6.07) is 20.6. The second kappa shape index (κ2) is 8.17. The molecule has 3 aromatic carbocycles. The first kappa shape index (κ1) is 19.2. The van der Waals surface area contributed by atoms with Crippen LogP contribution >= 0.6 is 11.3 Å². The number of ether oxygens (including phenoxy) is 1. The fourth-order valence-corrected chi connectivity index (χ4v) is 5.24. The number of aromatic nitrogens is 1. The van der Waals surface area contributed by atoms with Crippen LogP contribution in [0.5, 0.6) is 0 Å². The maximum atomic E-state index is 13.5. The molecule has 5 heteroatoms. The second-order valence-corrected chi connectivity index (χ2v) is 8.88. The molecule has 0 aliphatic carbocycles. The van der Waals surface area contributed by atoms with Gasteiger partial charge in [-0.2, -0.15) is 0 Å². The number of fused-ring (bicyclic) bond motifs is 2. The third-order valence-corrected chi connectivity index (χ3v) is 6.82. The average Bonchev–Trinajstić information content (AvgIpc) is 3.42. The van der Waals surface area contributed by atoms with Crippen molar-refractivity contribution in [3.8, 4) is 0 Å². The van der Waals surface area contributed by atoms with Crippen LogP contribution in [0.2, 0.25) is 0 Å². The number of amides is 1. The molecule has 152 valence electrons. The zero-order valence-corrected chi connectivity index (χ0v) is 17.8. The quantitative estimate of drug-likeness (QED) is 0.431. The highest BCUT2D eigenvalue weighted by Gasteiger charge is 2.26. The molecule has 1 saturated heterocycles. The van der Waals surface area contributed by atoms with E-state index >= 15 is 0 Å². The maximum Gasteiger partial charge on any atom is 0.233 e. The minimum Gasteiger partial charge on any atom is -0.376 e. The largest absolute Gasteiger partial charge is 0.376 e. The van der Waals surface area contributed by atoms with Crippen LogP contribution in [-0.4, -0.2) is 30.1 Å². The molecule has 30 heavy (non-hydrogen) atoms. The number of hydrogen-bond donors (Lipinski definition) is 0. The Balaban J connectivity index is 1.50. The number of carbonyl (C=O) groups is 1. The number of thiazole rings is 1. The monoisotopic (exact) mass is 416 g/mol. The van der Waals surface area contributed by atoms with E-state index in [-0.39, 0.29) is 12.0 Å². The lowest BCUT2D eigenvalue weighted by Crippen LogP contribution is -2.38. The van der Waals surface area contributed by atoms with Gasteiger partial charge in [-0.3, -0.25) is 9.69 Å². The number of para-hydroxylation sites is 1. The lowest BCUT2D eigenvalue weighted by atomic mass is 10.0. The fraction of sp³-hybridized carbons (Fsp3) is 0.280. The van der Waals surface area contributed by atoms with E-state index in [4.69, 9.17) is 9.72 Å². The SMILES string of the molecule is Cc1cccc2sc(N(CC3CCCO3)C(=O)Cc3cccc4ccccc34)nc12. The van der Waals surface area contributed by atoms with Crippen molar-refractivity contribution >= 4 is 43.4 Å². The van der Waals surface area contributed by atoms with Crippen molar-refractivity contribution in [2.75, 3.05) is 18.1 Å². The first-order chi connectivity index (χ1) is 14.7. The fourth-order valence-electron chi connectivity index (χ4n) is 4.17. The summed E-state index contributed by atoms with van der Waals surface area (Å²) >= 11 is 1.58. The smallest absolute Gasteiger partial charge is 0.233 e. The molecule has 1 aliphatic heterocycles. The zero-order valence-electron chi connectivity index (χ0n) is 17.0. The molecule has 1 aromatic heterocycles. The minimum absolute atomic E-state index is 0.0681. The summed E-state index contributed by atoms with van der Waals surface area (Å²) in [6.45, 7) is 3.39. The number of anilines is 1. The summed E-state index contributed by atoms with van der Waals surface area (Å²) in [4.78, 5) is 20.2. The molecular formula is C25H24N2O2S. The Morgan fingerprint density at radius 1 is 1.13 bits per heavy atom. The van der Waals surface area contributed by atoms with Gasteiger partial charge in [0.05, 0.1) is 29.3 Å². The molecule has 0 bridgehead atoms. The van der Waals surface area contributed by atoms with Crippen molar-refractivity contribution in [3.05, 3.63) is 71.8 Å². The first-order valence-electron chi connectivity index (χ1n) is 10.4. The van der Waals surface area contributed by atoms with Crippen LogP contribution in [0, 0.1) is 6.92 Å². The van der Waals surface area contributed by atoms with Gasteiger partial charge in [-0.05, 0) is 47.7 Å². The lowest BCUT2D eigenvalue weighted by Gasteiger charge is -2.23. The summed E-state index contributed by atoms with van der Waals surface area (Å²) in [5.41, 5.74) is 3.16. The number of hydrogen-bond acceptors (Lipinski definition) is 4. The van der Waals surface area contributed by atoms with Crippen molar-refractivity contribution in [3.63, 3.8) is 0 Å². The molecule has 2 heterocycles. The van der Waals surface area contributed by atoms with Crippen LogP contribution in [-0.2, 0) is 16.0 Å². The molecule has 1 aliphatic rings. The van der Waals surface area contributed by atoms with Gasteiger partial charge >= 0.3 is 0 Å². The number of rotatable bonds is 5. The summed E-state index contributed by atoms with van der Waals surface area (Å²) < 4.78 is 6.97. The van der Waals surface area contributed by atoms with E-state index in [0.29, 0.717) is 13.0 Å². The van der Waals surface area contributed by atoms with Gasteiger partial charge in [0.25, 0.3) is 0 Å². The second-order valence-electron chi connectivity index (χ2n) is 7.87. The van der Waals surface area contributed by atoms with Gasteiger partial charge in [0.1, 0.15) is 0 Å². The summed E-state index contributed by atoms with van der Waals surface area (Å²) in [6.07, 6.45) is 2.47. The lowest BCUT2D eigenvalue weighted by molar-refractivity contribution is -0.118. The molecule has 0 radical (unpaired) electrons. The Kier molecular flexibility index (Phi) is 5.23. The molecule has 4 nitrogen and oxygen atoms in total. The van der Waals surface area contributed by atoms with E-state index < -0.39 is 0 Å². The highest BCUT2D eigenvalue weighted by molar-refractivity contribution is 7.22. The van der Waals surface area contributed by atoms with E-state index in [2.05, 4.69) is 37.3 Å². The topological polar surface area (TPSA) is 42.4 Å². The van der Waals surface area contributed by atoms with E-state index in [1.807, 2.05) is 35.2 Å². The Hall–Kier alpha value is -2.76. The van der Waals surface area contributed by atoms with Crippen LogP contribution in [0.4, 0.5) is 5.13 Å². The van der Waals surface area contributed by atoms with Crippen LogP contribution < -0.4 is 4.90 Å². The van der Waals surface area contributed by atoms with E-state index in [1.54, 1.807) is 11.3 Å². The highest BCUT2D eigenvalue weighted by Crippen LogP contribution is 2.32. The standard InChI is InChI=1S/C25H24N2O2S/c1-17-7-4-13-22-24(17)26-25(30-22)27(16-20-11-6-14-29-20)23(28)15-19-10-5-9-18-8-2-3-12-21(18)19/h2-5,7-10,12-13,20H,6,11,14-16H2,1H3. The zero-order chi connectivity index (χ0) is 20.5. The minimum atomic E-state index is 0.0681. The number of nitrogens with zero attached hydrogens (tertiary/aromatic N) is 2. The molecule has 5 rings (SSSR count). The van der Waals surface area contributed by atoms with Crippen LogP contribution in [0.3, 0.4) is 0 Å². The average molecular weight is 417 g/mol. The number of aryl methyl sites for hydroxylation is 1. The van der Waals surface area contributed by atoms with E-state index in [1.165, 1.54) is 0 Å². The van der Waals surface area contributed by atoms with Crippen LogP contribution in [0.25, 0.3) is 21.0 Å². The molecule has 0 spiro atoms. The normalized spacial score (nSPS) is 16.4. The molecule has 1 amide bonds. The van der Waals surface area contributed by atoms with Gasteiger partial charge in [0.15, 0.2) is 5.13 Å². The van der Waals surface area contributed by atoms with E-state index in [9.17, 15) is 4.79 Å². The Morgan fingerprint density at radius 3 is 2.80 bits per heavy atom. The number of benzene rings is 3. The van der Waals surface area contributed by atoms with Gasteiger partial charge in [0.2, 0.25) is 5.91 Å². The molecule has 4 aromatic rings. The molecule has 1 atom stereocenters. The Labute approximate surface area is 180 Å². The number of carbonyl (C=O) groups excluding carboxylic acids is 1. The maximum absolute atomic E-state index is 13.5. The van der Waals surface area contributed by atoms with Crippen molar-refractivity contribution in [2.45, 2.75) is 32.3 Å². The predicted molar refractivity (Wildman–Crippen MR) is 123 cm³/mol. The summed E-state index contributed by atoms with van der Waals surface area (Å²) in [5.74, 6) is 0.0681. The van der Waals surface area contributed by atoms with E-state index in [0.717, 1.165) is 56.7 Å². The highest BCUT2D eigenvalue weighted by atomic mass is 32.1. The van der Waals surface area contributed by atoms with Gasteiger partial charge in [-0.1, -0.05) is 65.9 Å². The third kappa shape index (κ3) is 3.71. The Bertz CT molecular complexity index is 1200. The van der Waals surface area contributed by atoms with Crippen molar-refractivity contribution in [1.29, 1.82) is 0 Å². The van der Waals surface area contributed by atoms with Crippen molar-refractivity contribution in [2.24, 2.45) is 0 Å². The van der Waals surface area contributed by atoms with Gasteiger partial charge < -0.3 is 4.74 Å². The third-order valence-electron chi connectivity index (χ3n) is 5.77. The van der Waals surface area contributed by atoms with Crippen LogP contribution in [0.1, 0.15) is 24.0 Å². The van der Waals surface area contributed by atoms with Crippen molar-refractivity contribution in [1.82, 2.24) is 4.98 Å². The summed E-state index contributed by atoms with van der Waals surface area (Å²) in [5, 5.41) is 3.05. The Morgan fingerprint density at radius 2 is 1.97 bits per heavy atom. The predicted octanol–water partition coefficient (Wildman–Crippen LogP) is 5.51. The van der Waals surface area contributed by atoms with Gasteiger partial charge in [-0.25, -0.2) is 4.98 Å². The molecule has 0 saturated carbocycles. The van der Waals surface area contributed by atoms with Gasteiger partial charge in [-0.15, -0.1) is 0 Å². The first-order valence-corrected chi connectivity index (χ1v) is 11.3. The molecule has 1 unspecified atom stereocenters. The van der Waals surface area contributed by atoms with Crippen molar-refractivity contribution < 1.29 is 9.53 Å². The molecule has 1 fully saturated rings. The molecular weight excluding hydrogens is 392 g/mol. The van der Waals surface area contributed by atoms with Crippen LogP contribution in [0.15, 0.2) is 60.7 Å². The van der Waals surface area contributed by atoms with Gasteiger partial charge in [0, 0.05) is 6.61 Å². The summed E-state index contributed by atoms with van der Waals surface area (Å²) in [7, 11) is 0. The molecule has 0 N–H and O–H groups in total.